The summed E-state index contributed by atoms with van der Waals surface area (Å²) in [7, 11) is 5.68. The molecule has 216 valence electrons. The van der Waals surface area contributed by atoms with Crippen molar-refractivity contribution < 1.29 is 59.1 Å². The largest absolute Gasteiger partial charge is 0.502 e. The van der Waals surface area contributed by atoms with Crippen molar-refractivity contribution in [3.63, 3.8) is 0 Å². The molecule has 4 rings (SSSR count). The number of aromatic hydroxyl groups is 1. The summed E-state index contributed by atoms with van der Waals surface area (Å²) in [6.07, 6.45) is -5.30. The molecule has 1 heterocycles. The quantitative estimate of drug-likeness (QED) is 0.249. The Labute approximate surface area is 225 Å². The van der Waals surface area contributed by atoms with Gasteiger partial charge in [0.1, 0.15) is 18.3 Å². The predicted octanol–water partition coefficient (Wildman–Crippen LogP) is 0.149. The number of benzene rings is 2. The van der Waals surface area contributed by atoms with E-state index in [1.807, 2.05) is 0 Å². The minimum absolute atomic E-state index is 0.0771. The van der Waals surface area contributed by atoms with Crippen molar-refractivity contribution in [2.24, 2.45) is 11.8 Å². The van der Waals surface area contributed by atoms with E-state index < -0.39 is 36.4 Å². The van der Waals surface area contributed by atoms with Crippen LogP contribution in [0, 0.1) is 11.8 Å². The van der Waals surface area contributed by atoms with Gasteiger partial charge in [0.05, 0.1) is 35.0 Å². The van der Waals surface area contributed by atoms with E-state index >= 15 is 0 Å². The molecule has 2 aromatic carbocycles. The number of rotatable bonds is 9. The van der Waals surface area contributed by atoms with Crippen LogP contribution in [-0.4, -0.2) is 104 Å². The van der Waals surface area contributed by atoms with Gasteiger partial charge in [-0.25, -0.2) is 0 Å². The molecule has 12 heteroatoms. The van der Waals surface area contributed by atoms with Gasteiger partial charge in [-0.15, -0.1) is 0 Å². The van der Waals surface area contributed by atoms with Gasteiger partial charge in [0.25, 0.3) is 0 Å². The molecule has 2 aliphatic rings. The van der Waals surface area contributed by atoms with Crippen LogP contribution in [0.3, 0.4) is 0 Å². The molecular formula is C27H36O12. The summed E-state index contributed by atoms with van der Waals surface area (Å²) in [6.45, 7) is -0.738. The highest BCUT2D eigenvalue weighted by Crippen LogP contribution is 2.55. The Morgan fingerprint density at radius 1 is 0.821 bits per heavy atom. The van der Waals surface area contributed by atoms with Gasteiger partial charge in [-0.05, 0) is 47.6 Å². The van der Waals surface area contributed by atoms with Gasteiger partial charge in [-0.1, -0.05) is 0 Å². The standard InChI is InChI=1S/C27H36O12/c1-34-17-6-13(7-18(35-2)23(17)32)20-15(10-29)14(9-28)5-12-8-19(36-3)25(26(37-4)21(12)20)39-27-24(33)22(31)16(30)11-38-27/h6-8,14-16,20,22,24,27-33H,5,9-11H2,1-4H3/t14-,15-,16+,20+,22+,24-,27-/m1/s1. The molecule has 0 aromatic heterocycles. The third-order valence-corrected chi connectivity index (χ3v) is 7.57. The zero-order chi connectivity index (χ0) is 28.4. The molecule has 39 heavy (non-hydrogen) atoms. The monoisotopic (exact) mass is 552 g/mol. The van der Waals surface area contributed by atoms with Gasteiger partial charge in [-0.2, -0.15) is 0 Å². The summed E-state index contributed by atoms with van der Waals surface area (Å²) < 4.78 is 33.7. The number of ether oxygens (including phenoxy) is 6. The number of phenols is 1. The summed E-state index contributed by atoms with van der Waals surface area (Å²) in [5, 5.41) is 61.8. The maximum Gasteiger partial charge on any atom is 0.229 e. The topological polar surface area (TPSA) is 177 Å². The number of phenolic OH excluding ortho intramolecular Hbond substituents is 1. The minimum atomic E-state index is -1.57. The third kappa shape index (κ3) is 5.15. The molecule has 1 saturated heterocycles. The van der Waals surface area contributed by atoms with Crippen molar-refractivity contribution in [2.45, 2.75) is 36.9 Å². The van der Waals surface area contributed by atoms with Crippen molar-refractivity contribution in [3.8, 4) is 34.5 Å². The summed E-state index contributed by atoms with van der Waals surface area (Å²) in [5.41, 5.74) is 2.00. The molecule has 1 aliphatic carbocycles. The zero-order valence-corrected chi connectivity index (χ0v) is 22.2. The second-order valence-corrected chi connectivity index (χ2v) is 9.63. The third-order valence-electron chi connectivity index (χ3n) is 7.57. The van der Waals surface area contributed by atoms with Crippen LogP contribution in [0.15, 0.2) is 18.2 Å². The molecular weight excluding hydrogens is 516 g/mol. The van der Waals surface area contributed by atoms with E-state index in [2.05, 4.69) is 0 Å². The van der Waals surface area contributed by atoms with Crippen LogP contribution in [0.4, 0.5) is 0 Å². The Morgan fingerprint density at radius 3 is 2.00 bits per heavy atom. The Morgan fingerprint density at radius 2 is 1.46 bits per heavy atom. The van der Waals surface area contributed by atoms with E-state index in [-0.39, 0.29) is 60.2 Å². The van der Waals surface area contributed by atoms with Crippen LogP contribution in [0.25, 0.3) is 0 Å². The Bertz CT molecular complexity index is 1130. The molecule has 0 amide bonds. The fourth-order valence-corrected chi connectivity index (χ4v) is 5.54. The lowest BCUT2D eigenvalue weighted by atomic mass is 9.66. The summed E-state index contributed by atoms with van der Waals surface area (Å²) in [5.74, 6) is -0.723. The van der Waals surface area contributed by atoms with Crippen molar-refractivity contribution in [1.29, 1.82) is 0 Å². The van der Waals surface area contributed by atoms with E-state index in [1.165, 1.54) is 28.4 Å². The van der Waals surface area contributed by atoms with Crippen molar-refractivity contribution in [3.05, 3.63) is 34.9 Å². The first kappa shape index (κ1) is 29.0. The Balaban J connectivity index is 1.93. The van der Waals surface area contributed by atoms with Gasteiger partial charge in [-0.3, -0.25) is 0 Å². The van der Waals surface area contributed by atoms with Crippen LogP contribution < -0.4 is 23.7 Å². The highest BCUT2D eigenvalue weighted by atomic mass is 16.7. The van der Waals surface area contributed by atoms with Crippen molar-refractivity contribution in [2.75, 3.05) is 48.3 Å². The number of fused-ring (bicyclic) bond motifs is 1. The number of aliphatic hydroxyl groups excluding tert-OH is 5. The van der Waals surface area contributed by atoms with E-state index in [4.69, 9.17) is 28.4 Å². The highest BCUT2D eigenvalue weighted by molar-refractivity contribution is 5.64. The maximum atomic E-state index is 10.5. The molecule has 6 N–H and O–H groups in total. The van der Waals surface area contributed by atoms with Gasteiger partial charge >= 0.3 is 0 Å². The van der Waals surface area contributed by atoms with Gasteiger partial charge < -0.3 is 59.1 Å². The molecule has 0 bridgehead atoms. The fraction of sp³-hybridized carbons (Fsp3) is 0.556. The van der Waals surface area contributed by atoms with E-state index in [9.17, 15) is 30.6 Å². The lowest BCUT2D eigenvalue weighted by molar-refractivity contribution is -0.242. The SMILES string of the molecule is COc1cc([C@@H]2c3c(cc(OC)c(O[C@H]4OC[C@H](O)[C@H](O)[C@H]4O)c3OC)C[C@H](CO)[C@H]2CO)cc(OC)c1O. The van der Waals surface area contributed by atoms with Gasteiger partial charge in [0, 0.05) is 24.7 Å². The van der Waals surface area contributed by atoms with Crippen molar-refractivity contribution >= 4 is 0 Å². The first-order valence-corrected chi connectivity index (χ1v) is 12.5. The molecule has 0 unspecified atom stereocenters. The first-order chi connectivity index (χ1) is 18.7. The Kier molecular flexibility index (Phi) is 8.94. The zero-order valence-electron chi connectivity index (χ0n) is 22.2. The highest BCUT2D eigenvalue weighted by Gasteiger charge is 2.44. The molecule has 12 nitrogen and oxygen atoms in total. The number of hydrogen-bond donors (Lipinski definition) is 6. The average molecular weight is 553 g/mol. The minimum Gasteiger partial charge on any atom is -0.502 e. The smallest absolute Gasteiger partial charge is 0.229 e. The number of methoxy groups -OCH3 is 4. The number of aliphatic hydroxyl groups is 5. The second-order valence-electron chi connectivity index (χ2n) is 9.63. The van der Waals surface area contributed by atoms with E-state index in [0.29, 0.717) is 17.5 Å². The van der Waals surface area contributed by atoms with Crippen LogP contribution in [0.1, 0.15) is 22.6 Å². The molecule has 2 aromatic rings. The summed E-state index contributed by atoms with van der Waals surface area (Å²) >= 11 is 0. The maximum absolute atomic E-state index is 10.5. The average Bonchev–Trinajstić information content (AvgIpc) is 2.95. The normalized spacial score (nSPS) is 28.4. The lowest BCUT2D eigenvalue weighted by Crippen LogP contribution is -2.54. The number of hydrogen-bond acceptors (Lipinski definition) is 12. The van der Waals surface area contributed by atoms with Gasteiger partial charge in [0.2, 0.25) is 17.8 Å². The van der Waals surface area contributed by atoms with Crippen LogP contribution in [0.5, 0.6) is 34.5 Å². The second kappa shape index (κ2) is 12.0. The summed E-state index contributed by atoms with van der Waals surface area (Å²) in [6, 6.07) is 4.99. The molecule has 1 aliphatic heterocycles. The van der Waals surface area contributed by atoms with Crippen LogP contribution in [0.2, 0.25) is 0 Å². The molecule has 0 radical (unpaired) electrons. The molecule has 7 atom stereocenters. The summed E-state index contributed by atoms with van der Waals surface area (Å²) in [4.78, 5) is 0. The van der Waals surface area contributed by atoms with Crippen LogP contribution in [-0.2, 0) is 11.2 Å². The molecule has 0 saturated carbocycles. The first-order valence-electron chi connectivity index (χ1n) is 12.5. The van der Waals surface area contributed by atoms with E-state index in [1.54, 1.807) is 18.2 Å². The molecule has 0 spiro atoms. The van der Waals surface area contributed by atoms with Crippen LogP contribution >= 0.6 is 0 Å². The fourth-order valence-electron chi connectivity index (χ4n) is 5.54. The van der Waals surface area contributed by atoms with Gasteiger partial charge in [0.15, 0.2) is 23.0 Å². The Hall–Kier alpha value is -3.00. The lowest BCUT2D eigenvalue weighted by Gasteiger charge is -2.40. The van der Waals surface area contributed by atoms with Crippen molar-refractivity contribution in [1.82, 2.24) is 0 Å². The van der Waals surface area contributed by atoms with E-state index in [0.717, 1.165) is 5.56 Å². The predicted molar refractivity (Wildman–Crippen MR) is 136 cm³/mol. The molecule has 1 fully saturated rings.